The number of pyridine rings is 1. The van der Waals surface area contributed by atoms with Gasteiger partial charge in [-0.05, 0) is 80.4 Å². The Balaban J connectivity index is 1.12. The Labute approximate surface area is 261 Å². The Hall–Kier alpha value is -2.51. The molecule has 5 heterocycles. The maximum atomic E-state index is 11.0. The third-order valence-electron chi connectivity index (χ3n) is 11.0. The molecule has 43 heavy (non-hydrogen) atoms. The van der Waals surface area contributed by atoms with Crippen LogP contribution in [0, 0.1) is 39.9 Å². The van der Waals surface area contributed by atoms with Crippen molar-refractivity contribution in [1.82, 2.24) is 19.4 Å². The molecule has 8 rings (SSSR count). The van der Waals surface area contributed by atoms with Crippen LogP contribution in [0.3, 0.4) is 0 Å². The Morgan fingerprint density at radius 3 is 2.51 bits per heavy atom. The number of aliphatic hydroxyl groups excluding tert-OH is 2. The molecule has 0 bridgehead atoms. The quantitative estimate of drug-likeness (QED) is 0.253. The number of aromatic nitrogens is 2. The minimum Gasteiger partial charge on any atom is -0.378 e. The topological polar surface area (TPSA) is 88.5 Å². The number of thiophene rings is 1. The van der Waals surface area contributed by atoms with E-state index in [0.717, 1.165) is 69.0 Å². The number of rotatable bonds is 7. The van der Waals surface area contributed by atoms with Gasteiger partial charge >= 0.3 is 0 Å². The summed E-state index contributed by atoms with van der Waals surface area (Å²) in [5.41, 5.74) is 3.68. The maximum absolute atomic E-state index is 11.0. The highest BCUT2D eigenvalue weighted by Crippen LogP contribution is 2.66. The van der Waals surface area contributed by atoms with Gasteiger partial charge in [-0.1, -0.05) is 25.4 Å². The molecular formula is C34H38ClN5O2S. The SMILES string of the molecule is CC1(C)C2C(O)N(Cc3cc4nccc(-c5cc(Cl)cc6ccn(CC7(C#N)CCN(CC8CC8)CC7)c56)c4s3)C(O)C21. The fourth-order valence-electron chi connectivity index (χ4n) is 8.18. The maximum Gasteiger partial charge on any atom is 0.113 e. The molecule has 4 atom stereocenters. The van der Waals surface area contributed by atoms with Crippen LogP contribution in [0.2, 0.25) is 5.02 Å². The number of halogens is 1. The molecule has 0 amide bonds. The van der Waals surface area contributed by atoms with Crippen LogP contribution in [-0.2, 0) is 13.1 Å². The van der Waals surface area contributed by atoms with E-state index in [4.69, 9.17) is 11.6 Å². The lowest BCUT2D eigenvalue weighted by molar-refractivity contribution is -0.0987. The Morgan fingerprint density at radius 2 is 1.81 bits per heavy atom. The van der Waals surface area contributed by atoms with Crippen LogP contribution in [0.4, 0.5) is 0 Å². The molecule has 4 fully saturated rings. The first-order valence-corrected chi connectivity index (χ1v) is 16.8. The molecule has 7 nitrogen and oxygen atoms in total. The van der Waals surface area contributed by atoms with Crippen molar-refractivity contribution in [2.75, 3.05) is 19.6 Å². The lowest BCUT2D eigenvalue weighted by Crippen LogP contribution is -2.42. The number of piperidine rings is 2. The largest absolute Gasteiger partial charge is 0.378 e. The van der Waals surface area contributed by atoms with E-state index in [1.807, 2.05) is 23.2 Å². The second-order valence-corrected chi connectivity index (χ2v) is 15.7. The second kappa shape index (κ2) is 10.00. The summed E-state index contributed by atoms with van der Waals surface area (Å²) in [5, 5.41) is 34.1. The van der Waals surface area contributed by atoms with Gasteiger partial charge in [0.25, 0.3) is 0 Å². The van der Waals surface area contributed by atoms with Gasteiger partial charge in [0.2, 0.25) is 0 Å². The molecule has 4 aromatic rings. The number of hydrogen-bond acceptors (Lipinski definition) is 7. The number of fused-ring (bicyclic) bond motifs is 3. The van der Waals surface area contributed by atoms with E-state index in [-0.39, 0.29) is 22.7 Å². The van der Waals surface area contributed by atoms with Gasteiger partial charge in [0.05, 0.1) is 27.2 Å². The molecule has 2 saturated carbocycles. The van der Waals surface area contributed by atoms with Crippen LogP contribution in [-0.4, -0.2) is 61.7 Å². The van der Waals surface area contributed by atoms with Crippen LogP contribution >= 0.6 is 22.9 Å². The summed E-state index contributed by atoms with van der Waals surface area (Å²) in [6.45, 7) is 8.56. The van der Waals surface area contributed by atoms with E-state index >= 15 is 0 Å². The minimum absolute atomic E-state index is 0.0190. The zero-order chi connectivity index (χ0) is 29.7. The summed E-state index contributed by atoms with van der Waals surface area (Å²) in [6.07, 6.45) is 7.16. The van der Waals surface area contributed by atoms with Gasteiger partial charge in [-0.25, -0.2) is 4.90 Å². The van der Waals surface area contributed by atoms with Gasteiger partial charge in [-0.15, -0.1) is 11.3 Å². The van der Waals surface area contributed by atoms with Crippen LogP contribution in [0.5, 0.6) is 0 Å². The molecule has 2 aliphatic heterocycles. The van der Waals surface area contributed by atoms with Gasteiger partial charge in [0.1, 0.15) is 12.5 Å². The summed E-state index contributed by atoms with van der Waals surface area (Å²) in [4.78, 5) is 10.1. The van der Waals surface area contributed by atoms with Crippen molar-refractivity contribution in [3.8, 4) is 17.2 Å². The minimum atomic E-state index is -0.642. The highest BCUT2D eigenvalue weighted by atomic mass is 35.5. The summed E-state index contributed by atoms with van der Waals surface area (Å²) in [5.74, 6) is 1.09. The zero-order valence-electron chi connectivity index (χ0n) is 24.7. The van der Waals surface area contributed by atoms with E-state index in [9.17, 15) is 15.5 Å². The van der Waals surface area contributed by atoms with Gasteiger partial charge in [0, 0.05) is 70.3 Å². The monoisotopic (exact) mass is 615 g/mol. The molecule has 4 unspecified atom stereocenters. The van der Waals surface area contributed by atoms with Crippen molar-refractivity contribution in [2.45, 2.75) is 65.1 Å². The molecule has 4 aliphatic rings. The van der Waals surface area contributed by atoms with Crippen molar-refractivity contribution < 1.29 is 10.2 Å². The number of hydrogen-bond donors (Lipinski definition) is 2. The van der Waals surface area contributed by atoms with Crippen molar-refractivity contribution in [1.29, 1.82) is 5.26 Å². The third-order valence-corrected chi connectivity index (χ3v) is 12.3. The molecule has 2 saturated heterocycles. The molecule has 0 radical (unpaired) electrons. The van der Waals surface area contributed by atoms with Crippen LogP contribution in [0.25, 0.3) is 32.2 Å². The molecule has 2 aliphatic carbocycles. The molecule has 1 aromatic carbocycles. The van der Waals surface area contributed by atoms with E-state index in [1.165, 1.54) is 19.4 Å². The first-order valence-electron chi connectivity index (χ1n) is 15.6. The Kier molecular flexibility index (Phi) is 6.51. The predicted molar refractivity (Wildman–Crippen MR) is 170 cm³/mol. The van der Waals surface area contributed by atoms with E-state index in [2.05, 4.69) is 58.8 Å². The zero-order valence-corrected chi connectivity index (χ0v) is 26.3. The third kappa shape index (κ3) is 4.63. The first kappa shape index (κ1) is 28.0. The lowest BCUT2D eigenvalue weighted by atomic mass is 9.79. The van der Waals surface area contributed by atoms with Crippen LogP contribution in [0.15, 0.2) is 42.7 Å². The smallest absolute Gasteiger partial charge is 0.113 e. The van der Waals surface area contributed by atoms with E-state index in [0.29, 0.717) is 18.1 Å². The molecule has 224 valence electrons. The fourth-order valence-corrected chi connectivity index (χ4v) is 9.56. The molecule has 3 aromatic heterocycles. The number of nitriles is 1. The highest BCUT2D eigenvalue weighted by molar-refractivity contribution is 7.19. The Bertz CT molecular complexity index is 1740. The van der Waals surface area contributed by atoms with E-state index in [1.54, 1.807) is 11.3 Å². The number of benzene rings is 1. The van der Waals surface area contributed by atoms with Crippen molar-refractivity contribution in [3.63, 3.8) is 0 Å². The highest BCUT2D eigenvalue weighted by Gasteiger charge is 2.71. The number of aliphatic hydroxyl groups is 2. The second-order valence-electron chi connectivity index (χ2n) is 14.1. The van der Waals surface area contributed by atoms with Crippen molar-refractivity contribution in [2.24, 2.45) is 28.6 Å². The lowest BCUT2D eigenvalue weighted by Gasteiger charge is -2.37. The normalized spacial score (nSPS) is 28.4. The van der Waals surface area contributed by atoms with Crippen molar-refractivity contribution in [3.05, 3.63) is 52.6 Å². The van der Waals surface area contributed by atoms with Gasteiger partial charge < -0.3 is 19.7 Å². The summed E-state index contributed by atoms with van der Waals surface area (Å²) >= 11 is 8.35. The average molecular weight is 616 g/mol. The molecule has 2 N–H and O–H groups in total. The molecule has 0 spiro atoms. The van der Waals surface area contributed by atoms with Crippen LogP contribution in [0.1, 0.15) is 44.4 Å². The standard InChI is InChI=1S/C34H38ClN5O2S/c1-33(2)27-28(33)32(42)40(31(27)41)17-23-15-26-30(43-23)24(5-9-37-26)25-14-22(35)13-21-6-10-39(29(21)25)19-34(18-36)7-11-38(12-8-34)16-20-3-4-20/h5-6,9-10,13-15,20,27-28,31-32,41-42H,3-4,7-8,11-12,16-17,19H2,1-2H3. The van der Waals surface area contributed by atoms with E-state index < -0.39 is 12.5 Å². The van der Waals surface area contributed by atoms with Crippen molar-refractivity contribution >= 4 is 44.1 Å². The van der Waals surface area contributed by atoms with Gasteiger partial charge in [-0.3, -0.25) is 4.98 Å². The number of nitrogens with zero attached hydrogens (tertiary/aromatic N) is 5. The fraction of sp³-hybridized carbons (Fsp3) is 0.529. The van der Waals surface area contributed by atoms with Gasteiger partial charge in [0.15, 0.2) is 0 Å². The summed E-state index contributed by atoms with van der Waals surface area (Å²) in [7, 11) is 0. The van der Waals surface area contributed by atoms with Gasteiger partial charge in [-0.2, -0.15) is 5.26 Å². The molecular weight excluding hydrogens is 578 g/mol. The average Bonchev–Trinajstić information content (AvgIpc) is 3.74. The Morgan fingerprint density at radius 1 is 1.07 bits per heavy atom. The first-order chi connectivity index (χ1) is 20.7. The van der Waals surface area contributed by atoms with Crippen LogP contribution < -0.4 is 0 Å². The summed E-state index contributed by atoms with van der Waals surface area (Å²) < 4.78 is 3.33. The predicted octanol–water partition coefficient (Wildman–Crippen LogP) is 6.31. The summed E-state index contributed by atoms with van der Waals surface area (Å²) in [6, 6.07) is 13.0. The molecule has 9 heteroatoms. The number of likely N-dealkylation sites (tertiary alicyclic amines) is 2.